The average Bonchev–Trinajstić information content (AvgIpc) is 3.16. The minimum atomic E-state index is -0.372. The van der Waals surface area contributed by atoms with Gasteiger partial charge in [-0.25, -0.2) is 9.78 Å². The van der Waals surface area contributed by atoms with Crippen LogP contribution < -0.4 is 16.0 Å². The lowest BCUT2D eigenvalue weighted by molar-refractivity contribution is 0.102. The molecule has 0 radical (unpaired) electrons. The van der Waals surface area contributed by atoms with Crippen molar-refractivity contribution in [1.29, 1.82) is 0 Å². The van der Waals surface area contributed by atoms with Gasteiger partial charge in [-0.05, 0) is 24.6 Å². The third-order valence-corrected chi connectivity index (χ3v) is 4.49. The molecule has 30 heavy (non-hydrogen) atoms. The average molecular weight is 401 g/mol. The SMILES string of the molecule is CC(NC(=O)Nc1cc2[nH]nc(NC(=O)c3cccnc3)c2cn1)c1ccccc1. The number of hydrogen-bond acceptors (Lipinski definition) is 5. The van der Waals surface area contributed by atoms with E-state index in [1.165, 1.54) is 12.4 Å². The van der Waals surface area contributed by atoms with Crippen LogP contribution >= 0.6 is 0 Å². The quantitative estimate of drug-likeness (QED) is 0.407. The van der Waals surface area contributed by atoms with Crippen LogP contribution in [0.15, 0.2) is 67.1 Å². The predicted octanol–water partition coefficient (Wildman–Crippen LogP) is 3.49. The van der Waals surface area contributed by atoms with Gasteiger partial charge in [-0.3, -0.25) is 20.2 Å². The first-order chi connectivity index (χ1) is 14.6. The number of H-pyrrole nitrogens is 1. The number of anilines is 2. The van der Waals surface area contributed by atoms with Crippen LogP contribution in [0.5, 0.6) is 0 Å². The molecule has 0 aliphatic heterocycles. The molecule has 0 saturated heterocycles. The van der Waals surface area contributed by atoms with Crippen LogP contribution in [0.2, 0.25) is 0 Å². The maximum absolute atomic E-state index is 12.3. The van der Waals surface area contributed by atoms with Gasteiger partial charge < -0.3 is 10.6 Å². The lowest BCUT2D eigenvalue weighted by Crippen LogP contribution is -2.31. The lowest BCUT2D eigenvalue weighted by atomic mass is 10.1. The molecular formula is C21H19N7O2. The summed E-state index contributed by atoms with van der Waals surface area (Å²) in [4.78, 5) is 32.8. The van der Waals surface area contributed by atoms with Crippen LogP contribution in [0.3, 0.4) is 0 Å². The number of pyridine rings is 2. The summed E-state index contributed by atoms with van der Waals surface area (Å²) in [5.74, 6) is 0.377. The van der Waals surface area contributed by atoms with E-state index in [0.717, 1.165) is 5.56 Å². The zero-order chi connectivity index (χ0) is 20.9. The molecule has 4 rings (SSSR count). The first kappa shape index (κ1) is 19.1. The third kappa shape index (κ3) is 4.25. The molecule has 4 aromatic rings. The minimum absolute atomic E-state index is 0.156. The Morgan fingerprint density at radius 3 is 2.63 bits per heavy atom. The summed E-state index contributed by atoms with van der Waals surface area (Å²) >= 11 is 0. The summed E-state index contributed by atoms with van der Waals surface area (Å²) in [6.07, 6.45) is 4.60. The highest BCUT2D eigenvalue weighted by molar-refractivity contribution is 6.07. The Morgan fingerprint density at radius 2 is 1.87 bits per heavy atom. The van der Waals surface area contributed by atoms with Gasteiger partial charge in [0.25, 0.3) is 5.91 Å². The smallest absolute Gasteiger partial charge is 0.320 e. The summed E-state index contributed by atoms with van der Waals surface area (Å²) in [6.45, 7) is 1.90. The Hall–Kier alpha value is -4.27. The van der Waals surface area contributed by atoms with Crippen molar-refractivity contribution in [2.24, 2.45) is 0 Å². The molecule has 0 saturated carbocycles. The van der Waals surface area contributed by atoms with Gasteiger partial charge in [0.05, 0.1) is 22.5 Å². The van der Waals surface area contributed by atoms with Crippen molar-refractivity contribution in [3.05, 3.63) is 78.2 Å². The van der Waals surface area contributed by atoms with E-state index in [1.54, 1.807) is 24.4 Å². The summed E-state index contributed by atoms with van der Waals surface area (Å²) < 4.78 is 0. The van der Waals surface area contributed by atoms with Crippen molar-refractivity contribution in [2.45, 2.75) is 13.0 Å². The van der Waals surface area contributed by atoms with Crippen LogP contribution in [0.25, 0.3) is 10.9 Å². The zero-order valence-electron chi connectivity index (χ0n) is 16.1. The molecule has 3 amide bonds. The maximum atomic E-state index is 12.3. The molecule has 1 atom stereocenters. The van der Waals surface area contributed by atoms with E-state index in [-0.39, 0.29) is 18.0 Å². The second-order valence-corrected chi connectivity index (χ2v) is 6.61. The fourth-order valence-corrected chi connectivity index (χ4v) is 2.93. The molecule has 4 N–H and O–H groups in total. The van der Waals surface area contributed by atoms with Crippen molar-refractivity contribution in [1.82, 2.24) is 25.5 Å². The summed E-state index contributed by atoms with van der Waals surface area (Å²) in [5, 5.41) is 15.9. The van der Waals surface area contributed by atoms with E-state index in [2.05, 4.69) is 36.1 Å². The highest BCUT2D eigenvalue weighted by Gasteiger charge is 2.14. The van der Waals surface area contributed by atoms with Crippen LogP contribution in [0, 0.1) is 0 Å². The molecule has 0 aliphatic rings. The number of benzene rings is 1. The number of hydrogen-bond donors (Lipinski definition) is 4. The van der Waals surface area contributed by atoms with E-state index >= 15 is 0 Å². The second-order valence-electron chi connectivity index (χ2n) is 6.61. The summed E-state index contributed by atoms with van der Waals surface area (Å²) in [6, 6.07) is 14.1. The lowest BCUT2D eigenvalue weighted by Gasteiger charge is -2.14. The van der Waals surface area contributed by atoms with Crippen LogP contribution in [0.1, 0.15) is 28.9 Å². The van der Waals surface area contributed by atoms with Gasteiger partial charge in [-0.2, -0.15) is 5.10 Å². The second kappa shape index (κ2) is 8.39. The van der Waals surface area contributed by atoms with Crippen LogP contribution in [-0.4, -0.2) is 32.1 Å². The Labute approximate surface area is 171 Å². The molecule has 0 fully saturated rings. The molecule has 1 aromatic carbocycles. The topological polar surface area (TPSA) is 125 Å². The van der Waals surface area contributed by atoms with Gasteiger partial charge in [0.15, 0.2) is 5.82 Å². The summed E-state index contributed by atoms with van der Waals surface area (Å²) in [7, 11) is 0. The molecule has 9 heteroatoms. The number of urea groups is 1. The van der Waals surface area contributed by atoms with Crippen molar-refractivity contribution < 1.29 is 9.59 Å². The number of carbonyl (C=O) groups is 2. The Balaban J connectivity index is 1.43. The molecular weight excluding hydrogens is 382 g/mol. The third-order valence-electron chi connectivity index (χ3n) is 4.49. The van der Waals surface area contributed by atoms with Crippen molar-refractivity contribution in [3.8, 4) is 0 Å². The van der Waals surface area contributed by atoms with Gasteiger partial charge in [0, 0.05) is 24.7 Å². The fraction of sp³-hybridized carbons (Fsp3) is 0.0952. The molecule has 3 aromatic heterocycles. The number of carbonyl (C=O) groups excluding carboxylic acids is 2. The van der Waals surface area contributed by atoms with Crippen molar-refractivity contribution in [3.63, 3.8) is 0 Å². The summed E-state index contributed by atoms with van der Waals surface area (Å²) in [5.41, 5.74) is 2.04. The Bertz CT molecular complexity index is 1180. The highest BCUT2D eigenvalue weighted by Crippen LogP contribution is 2.22. The van der Waals surface area contributed by atoms with Gasteiger partial charge in [0.1, 0.15) is 5.82 Å². The van der Waals surface area contributed by atoms with E-state index in [0.29, 0.717) is 28.1 Å². The molecule has 0 spiro atoms. The van der Waals surface area contributed by atoms with E-state index in [4.69, 9.17) is 0 Å². The van der Waals surface area contributed by atoms with Gasteiger partial charge >= 0.3 is 6.03 Å². The first-order valence-electron chi connectivity index (χ1n) is 9.28. The number of fused-ring (bicyclic) bond motifs is 1. The maximum Gasteiger partial charge on any atom is 0.320 e. The standard InChI is InChI=1S/C21H19N7O2/c1-13(14-6-3-2-4-7-14)24-21(30)25-18-10-17-16(12-23-18)19(28-27-17)26-20(29)15-8-5-9-22-11-15/h2-13H,1H3,(H2,23,24,25,30)(H2,26,27,28,29). The predicted molar refractivity (Wildman–Crippen MR) is 113 cm³/mol. The molecule has 1 unspecified atom stereocenters. The Kier molecular flexibility index (Phi) is 5.33. The Morgan fingerprint density at radius 1 is 1.03 bits per heavy atom. The van der Waals surface area contributed by atoms with Gasteiger partial charge in [-0.15, -0.1) is 0 Å². The number of nitrogens with zero attached hydrogens (tertiary/aromatic N) is 3. The normalized spacial score (nSPS) is 11.6. The number of rotatable bonds is 5. The van der Waals surface area contributed by atoms with Crippen LogP contribution in [-0.2, 0) is 0 Å². The van der Waals surface area contributed by atoms with E-state index in [9.17, 15) is 9.59 Å². The van der Waals surface area contributed by atoms with Gasteiger partial charge in [-0.1, -0.05) is 30.3 Å². The zero-order valence-corrected chi connectivity index (χ0v) is 16.1. The van der Waals surface area contributed by atoms with E-state index in [1.807, 2.05) is 37.3 Å². The molecule has 9 nitrogen and oxygen atoms in total. The monoisotopic (exact) mass is 401 g/mol. The largest absolute Gasteiger partial charge is 0.331 e. The van der Waals surface area contributed by atoms with Crippen molar-refractivity contribution in [2.75, 3.05) is 10.6 Å². The fourth-order valence-electron chi connectivity index (χ4n) is 2.93. The first-order valence-corrected chi connectivity index (χ1v) is 9.28. The van der Waals surface area contributed by atoms with Crippen LogP contribution in [0.4, 0.5) is 16.4 Å². The molecule has 3 heterocycles. The number of aromatic amines is 1. The molecule has 0 aliphatic carbocycles. The van der Waals surface area contributed by atoms with Crippen molar-refractivity contribution >= 4 is 34.5 Å². The van der Waals surface area contributed by atoms with E-state index < -0.39 is 0 Å². The van der Waals surface area contributed by atoms with Gasteiger partial charge in [0.2, 0.25) is 0 Å². The number of aromatic nitrogens is 4. The number of amides is 3. The number of nitrogens with one attached hydrogen (secondary N) is 4. The minimum Gasteiger partial charge on any atom is -0.331 e. The molecule has 150 valence electrons. The molecule has 0 bridgehead atoms. The highest BCUT2D eigenvalue weighted by atomic mass is 16.2.